The standard InChI is InChI=1S/C16H22F3N7S/c1-9(2)14-24-12-5-4-10(7-26(12)25-14)22-15(20-3)21-6-13-23-11(8-27-13)16(17,18)19/h8-10H,4-7H2,1-3H3,(H2,20,21,22). The van der Waals surface area contributed by atoms with Gasteiger partial charge in [-0.2, -0.15) is 18.3 Å². The highest BCUT2D eigenvalue weighted by Gasteiger charge is 2.33. The van der Waals surface area contributed by atoms with E-state index in [-0.39, 0.29) is 18.5 Å². The lowest BCUT2D eigenvalue weighted by Crippen LogP contribution is -2.46. The van der Waals surface area contributed by atoms with Crippen LogP contribution in [0.1, 0.15) is 48.5 Å². The van der Waals surface area contributed by atoms with Gasteiger partial charge in [0, 0.05) is 30.8 Å². The van der Waals surface area contributed by atoms with Gasteiger partial charge in [-0.3, -0.25) is 4.99 Å². The lowest BCUT2D eigenvalue weighted by atomic mass is 10.1. The normalized spacial score (nSPS) is 17.9. The third kappa shape index (κ3) is 4.76. The van der Waals surface area contributed by atoms with Crippen molar-refractivity contribution >= 4 is 17.3 Å². The molecule has 0 radical (unpaired) electrons. The first-order valence-corrected chi connectivity index (χ1v) is 9.56. The highest BCUT2D eigenvalue weighted by molar-refractivity contribution is 7.09. The molecule has 0 amide bonds. The van der Waals surface area contributed by atoms with Crippen molar-refractivity contribution in [2.45, 2.75) is 57.9 Å². The molecule has 0 saturated carbocycles. The second kappa shape index (κ2) is 7.83. The van der Waals surface area contributed by atoms with Gasteiger partial charge in [0.25, 0.3) is 0 Å². The van der Waals surface area contributed by atoms with Gasteiger partial charge in [-0.1, -0.05) is 13.8 Å². The Morgan fingerprint density at radius 1 is 1.41 bits per heavy atom. The van der Waals surface area contributed by atoms with E-state index >= 15 is 0 Å². The highest BCUT2D eigenvalue weighted by Crippen LogP contribution is 2.29. The third-order valence-corrected chi connectivity index (χ3v) is 5.05. The Labute approximate surface area is 159 Å². The molecule has 27 heavy (non-hydrogen) atoms. The van der Waals surface area contributed by atoms with Crippen LogP contribution in [0.25, 0.3) is 0 Å². The van der Waals surface area contributed by atoms with Crippen molar-refractivity contribution in [1.29, 1.82) is 0 Å². The van der Waals surface area contributed by atoms with Gasteiger partial charge in [0.2, 0.25) is 0 Å². The van der Waals surface area contributed by atoms with E-state index in [1.165, 1.54) is 0 Å². The SMILES string of the molecule is CN=C(NCc1nc(C(F)(F)F)cs1)NC1CCc2nc(C(C)C)nn2C1. The fourth-order valence-electron chi connectivity index (χ4n) is 2.76. The van der Waals surface area contributed by atoms with Gasteiger partial charge < -0.3 is 10.6 Å². The molecule has 2 aromatic rings. The second-order valence-electron chi connectivity index (χ2n) is 6.65. The molecular weight excluding hydrogens is 379 g/mol. The van der Waals surface area contributed by atoms with Gasteiger partial charge in [0.05, 0.1) is 13.1 Å². The molecule has 11 heteroatoms. The zero-order valence-electron chi connectivity index (χ0n) is 15.3. The van der Waals surface area contributed by atoms with Gasteiger partial charge in [0.1, 0.15) is 10.8 Å². The van der Waals surface area contributed by atoms with Crippen LogP contribution in [0.3, 0.4) is 0 Å². The van der Waals surface area contributed by atoms with Crippen LogP contribution in [0, 0.1) is 0 Å². The first-order valence-electron chi connectivity index (χ1n) is 8.68. The molecule has 3 rings (SSSR count). The number of fused-ring (bicyclic) bond motifs is 1. The molecule has 0 bridgehead atoms. The Bertz CT molecular complexity index is 809. The Morgan fingerprint density at radius 2 is 2.19 bits per heavy atom. The van der Waals surface area contributed by atoms with Crippen LogP contribution in [0.15, 0.2) is 10.4 Å². The summed E-state index contributed by atoms with van der Waals surface area (Å²) < 4.78 is 39.8. The summed E-state index contributed by atoms with van der Waals surface area (Å²) in [6.45, 7) is 4.97. The summed E-state index contributed by atoms with van der Waals surface area (Å²) in [5, 5.41) is 12.2. The Morgan fingerprint density at radius 3 is 2.81 bits per heavy atom. The van der Waals surface area contributed by atoms with E-state index in [1.807, 2.05) is 4.68 Å². The fourth-order valence-corrected chi connectivity index (χ4v) is 3.50. The maximum atomic E-state index is 12.6. The van der Waals surface area contributed by atoms with Crippen molar-refractivity contribution in [3.05, 3.63) is 27.7 Å². The van der Waals surface area contributed by atoms with Gasteiger partial charge in [-0.15, -0.1) is 11.3 Å². The Hall–Kier alpha value is -2.17. The quantitative estimate of drug-likeness (QED) is 0.608. The molecule has 0 aromatic carbocycles. The summed E-state index contributed by atoms with van der Waals surface area (Å²) in [7, 11) is 1.62. The van der Waals surface area contributed by atoms with Crippen molar-refractivity contribution in [3.8, 4) is 0 Å². The summed E-state index contributed by atoms with van der Waals surface area (Å²) in [6.07, 6.45) is -2.72. The van der Waals surface area contributed by atoms with Crippen LogP contribution < -0.4 is 10.6 Å². The largest absolute Gasteiger partial charge is 0.434 e. The van der Waals surface area contributed by atoms with E-state index in [0.29, 0.717) is 17.5 Å². The van der Waals surface area contributed by atoms with Gasteiger partial charge in [-0.05, 0) is 6.42 Å². The monoisotopic (exact) mass is 401 g/mol. The maximum Gasteiger partial charge on any atom is 0.434 e. The lowest BCUT2D eigenvalue weighted by molar-refractivity contribution is -0.140. The molecule has 1 aliphatic rings. The molecule has 1 unspecified atom stereocenters. The molecule has 0 aliphatic carbocycles. The van der Waals surface area contributed by atoms with Crippen LogP contribution in [0.4, 0.5) is 13.2 Å². The summed E-state index contributed by atoms with van der Waals surface area (Å²) in [5.41, 5.74) is -0.862. The summed E-state index contributed by atoms with van der Waals surface area (Å²) >= 11 is 0.972. The minimum atomic E-state index is -4.42. The summed E-state index contributed by atoms with van der Waals surface area (Å²) in [5.74, 6) is 2.64. The number of aromatic nitrogens is 4. The van der Waals surface area contributed by atoms with E-state index < -0.39 is 11.9 Å². The molecule has 0 spiro atoms. The number of guanidine groups is 1. The van der Waals surface area contributed by atoms with Gasteiger partial charge in [0.15, 0.2) is 17.5 Å². The highest BCUT2D eigenvalue weighted by atomic mass is 32.1. The van der Waals surface area contributed by atoms with Crippen molar-refractivity contribution in [3.63, 3.8) is 0 Å². The number of hydrogen-bond donors (Lipinski definition) is 2. The number of nitrogens with one attached hydrogen (secondary N) is 2. The number of aliphatic imine (C=N–C) groups is 1. The second-order valence-corrected chi connectivity index (χ2v) is 7.60. The molecule has 2 aromatic heterocycles. The minimum absolute atomic E-state index is 0.118. The van der Waals surface area contributed by atoms with E-state index in [9.17, 15) is 13.2 Å². The number of hydrogen-bond acceptors (Lipinski definition) is 5. The number of alkyl halides is 3. The molecule has 1 aliphatic heterocycles. The van der Waals surface area contributed by atoms with E-state index in [4.69, 9.17) is 0 Å². The molecule has 148 valence electrons. The molecule has 0 saturated heterocycles. The van der Waals surface area contributed by atoms with Crippen LogP contribution in [-0.4, -0.2) is 38.8 Å². The Balaban J connectivity index is 1.55. The smallest absolute Gasteiger partial charge is 0.352 e. The molecule has 2 N–H and O–H groups in total. The first kappa shape index (κ1) is 19.6. The average Bonchev–Trinajstić information content (AvgIpc) is 3.24. The van der Waals surface area contributed by atoms with Gasteiger partial charge in [-0.25, -0.2) is 14.6 Å². The van der Waals surface area contributed by atoms with E-state index in [2.05, 4.69) is 44.5 Å². The van der Waals surface area contributed by atoms with Gasteiger partial charge >= 0.3 is 6.18 Å². The number of halogens is 3. The number of thiazole rings is 1. The molecule has 7 nitrogen and oxygen atoms in total. The predicted octanol–water partition coefficient (Wildman–Crippen LogP) is 2.56. The summed E-state index contributed by atoms with van der Waals surface area (Å²) in [4.78, 5) is 12.3. The number of rotatable bonds is 4. The van der Waals surface area contributed by atoms with Crippen molar-refractivity contribution in [2.75, 3.05) is 7.05 Å². The molecular formula is C16H22F3N7S. The predicted molar refractivity (Wildman–Crippen MR) is 96.7 cm³/mol. The lowest BCUT2D eigenvalue weighted by Gasteiger charge is -2.25. The topological polar surface area (TPSA) is 80.0 Å². The Kier molecular flexibility index (Phi) is 5.68. The average molecular weight is 401 g/mol. The van der Waals surface area contributed by atoms with Crippen LogP contribution in [0.5, 0.6) is 0 Å². The third-order valence-electron chi connectivity index (χ3n) is 4.20. The van der Waals surface area contributed by atoms with Crippen LogP contribution in [0.2, 0.25) is 0 Å². The fraction of sp³-hybridized carbons (Fsp3) is 0.625. The molecule has 3 heterocycles. The maximum absolute atomic E-state index is 12.6. The van der Waals surface area contributed by atoms with Crippen molar-refractivity contribution in [1.82, 2.24) is 30.4 Å². The zero-order valence-corrected chi connectivity index (χ0v) is 16.2. The summed E-state index contributed by atoms with van der Waals surface area (Å²) in [6, 6.07) is 0.118. The van der Waals surface area contributed by atoms with Crippen molar-refractivity contribution in [2.24, 2.45) is 4.99 Å². The van der Waals surface area contributed by atoms with E-state index in [1.54, 1.807) is 7.05 Å². The molecule has 0 fully saturated rings. The number of nitrogens with zero attached hydrogens (tertiary/aromatic N) is 5. The molecule has 1 atom stereocenters. The van der Waals surface area contributed by atoms with Crippen LogP contribution in [-0.2, 0) is 25.7 Å². The zero-order chi connectivity index (χ0) is 19.6. The van der Waals surface area contributed by atoms with Crippen molar-refractivity contribution < 1.29 is 13.2 Å². The van der Waals surface area contributed by atoms with E-state index in [0.717, 1.165) is 41.2 Å². The first-order chi connectivity index (χ1) is 12.8. The minimum Gasteiger partial charge on any atom is -0.352 e. The number of aryl methyl sites for hydroxylation is 1. The van der Waals surface area contributed by atoms with Crippen LogP contribution >= 0.6 is 11.3 Å².